The van der Waals surface area contributed by atoms with Gasteiger partial charge in [0, 0.05) is 0 Å². The first kappa shape index (κ1) is 9.21. The van der Waals surface area contributed by atoms with Gasteiger partial charge in [0.05, 0.1) is 12.6 Å². The zero-order chi connectivity index (χ0) is 10.2. The van der Waals surface area contributed by atoms with Crippen LogP contribution in [0.1, 0.15) is 12.5 Å². The molecule has 0 saturated carbocycles. The van der Waals surface area contributed by atoms with E-state index in [2.05, 4.69) is 10.1 Å². The van der Waals surface area contributed by atoms with E-state index in [0.717, 1.165) is 5.56 Å². The van der Waals surface area contributed by atoms with Gasteiger partial charge in [0.2, 0.25) is 0 Å². The molecule has 1 aromatic carbocycles. The van der Waals surface area contributed by atoms with Crippen molar-refractivity contribution in [3.05, 3.63) is 35.9 Å². The minimum Gasteiger partial charge on any atom is -0.468 e. The third-order valence-corrected chi connectivity index (χ3v) is 2.75. The molecular formula is C11H13NO2. The van der Waals surface area contributed by atoms with E-state index in [1.54, 1.807) is 0 Å². The number of methoxy groups -OCH3 is 1. The van der Waals surface area contributed by atoms with Crippen LogP contribution < -0.4 is 5.32 Å². The van der Waals surface area contributed by atoms with E-state index in [-0.39, 0.29) is 17.6 Å². The van der Waals surface area contributed by atoms with Gasteiger partial charge in [0.1, 0.15) is 6.04 Å². The highest BCUT2D eigenvalue weighted by molar-refractivity contribution is 5.82. The Balaban J connectivity index is 2.19. The number of hydrogen-bond acceptors (Lipinski definition) is 3. The smallest absolute Gasteiger partial charge is 0.325 e. The van der Waals surface area contributed by atoms with Crippen LogP contribution in [0.2, 0.25) is 0 Å². The minimum atomic E-state index is -0.242. The fourth-order valence-electron chi connectivity index (χ4n) is 1.71. The normalized spacial score (nSPS) is 29.7. The van der Waals surface area contributed by atoms with E-state index in [0.29, 0.717) is 0 Å². The van der Waals surface area contributed by atoms with Gasteiger partial charge in [-0.2, -0.15) is 0 Å². The summed E-state index contributed by atoms with van der Waals surface area (Å²) in [6, 6.07) is 9.72. The van der Waals surface area contributed by atoms with Crippen LogP contribution >= 0.6 is 0 Å². The molecule has 2 atom stereocenters. The van der Waals surface area contributed by atoms with Crippen molar-refractivity contribution in [2.45, 2.75) is 18.5 Å². The topological polar surface area (TPSA) is 48.2 Å². The Kier molecular flexibility index (Phi) is 2.04. The first-order valence-electron chi connectivity index (χ1n) is 4.59. The first-order chi connectivity index (χ1) is 6.68. The maximum absolute atomic E-state index is 11.3. The Morgan fingerprint density at radius 2 is 2.07 bits per heavy atom. The van der Waals surface area contributed by atoms with Gasteiger partial charge in [-0.1, -0.05) is 30.3 Å². The molecule has 0 bridgehead atoms. The standard InChI is InChI=1S/C11H13NO2/c1-11(8-6-4-3-5-7-8)9(12-11)10(13)14-2/h3-7,9,12H,1-2H3/t9-,11-/m1/s1. The lowest BCUT2D eigenvalue weighted by Crippen LogP contribution is -2.17. The second-order valence-electron chi connectivity index (χ2n) is 3.67. The second-order valence-corrected chi connectivity index (χ2v) is 3.67. The molecule has 74 valence electrons. The quantitative estimate of drug-likeness (QED) is 0.561. The van der Waals surface area contributed by atoms with Crippen LogP contribution in [0.25, 0.3) is 0 Å². The maximum Gasteiger partial charge on any atom is 0.325 e. The summed E-state index contributed by atoms with van der Waals surface area (Å²) >= 11 is 0. The van der Waals surface area contributed by atoms with Crippen molar-refractivity contribution in [3.8, 4) is 0 Å². The largest absolute Gasteiger partial charge is 0.468 e. The predicted molar refractivity (Wildman–Crippen MR) is 52.7 cm³/mol. The molecule has 0 aromatic heterocycles. The average Bonchev–Trinajstić information content (AvgIpc) is 2.93. The average molecular weight is 191 g/mol. The third kappa shape index (κ3) is 1.30. The molecule has 0 amide bonds. The summed E-state index contributed by atoms with van der Waals surface area (Å²) in [4.78, 5) is 11.3. The predicted octanol–water partition coefficient (Wildman–Crippen LogP) is 1.05. The van der Waals surface area contributed by atoms with E-state index in [9.17, 15) is 4.79 Å². The molecule has 3 heteroatoms. The fourth-order valence-corrected chi connectivity index (χ4v) is 1.71. The van der Waals surface area contributed by atoms with Crippen LogP contribution in [0.15, 0.2) is 30.3 Å². The van der Waals surface area contributed by atoms with E-state index in [4.69, 9.17) is 0 Å². The van der Waals surface area contributed by atoms with Crippen LogP contribution in [0.3, 0.4) is 0 Å². The van der Waals surface area contributed by atoms with Gasteiger partial charge in [0.25, 0.3) is 0 Å². The van der Waals surface area contributed by atoms with Crippen LogP contribution in [0.4, 0.5) is 0 Å². The van der Waals surface area contributed by atoms with Crippen LogP contribution in [0, 0.1) is 0 Å². The van der Waals surface area contributed by atoms with Crippen molar-refractivity contribution in [2.24, 2.45) is 0 Å². The summed E-state index contributed by atoms with van der Waals surface area (Å²) in [5.74, 6) is -0.198. The number of ether oxygens (including phenoxy) is 1. The molecule has 0 unspecified atom stereocenters. The van der Waals surface area contributed by atoms with Crippen molar-refractivity contribution in [2.75, 3.05) is 7.11 Å². The van der Waals surface area contributed by atoms with Crippen molar-refractivity contribution in [3.63, 3.8) is 0 Å². The number of esters is 1. The Bertz CT molecular complexity index is 350. The summed E-state index contributed by atoms with van der Waals surface area (Å²) in [6.45, 7) is 2.00. The molecule has 0 spiro atoms. The van der Waals surface area contributed by atoms with Crippen LogP contribution in [0.5, 0.6) is 0 Å². The number of benzene rings is 1. The van der Waals surface area contributed by atoms with Gasteiger partial charge in [-0.05, 0) is 12.5 Å². The number of carbonyl (C=O) groups excluding carboxylic acids is 1. The highest BCUT2D eigenvalue weighted by atomic mass is 16.5. The Morgan fingerprint density at radius 1 is 1.43 bits per heavy atom. The lowest BCUT2D eigenvalue weighted by Gasteiger charge is -2.07. The summed E-state index contributed by atoms with van der Waals surface area (Å²) in [5, 5.41) is 3.14. The van der Waals surface area contributed by atoms with E-state index in [1.165, 1.54) is 7.11 Å². The van der Waals surface area contributed by atoms with Gasteiger partial charge in [-0.25, -0.2) is 0 Å². The summed E-state index contributed by atoms with van der Waals surface area (Å²) in [5.41, 5.74) is 0.879. The van der Waals surface area contributed by atoms with Gasteiger partial charge >= 0.3 is 5.97 Å². The molecule has 3 nitrogen and oxygen atoms in total. The number of rotatable bonds is 2. The highest BCUT2D eigenvalue weighted by Gasteiger charge is 2.56. The molecule has 1 aromatic rings. The lowest BCUT2D eigenvalue weighted by atomic mass is 9.97. The zero-order valence-corrected chi connectivity index (χ0v) is 8.28. The Hall–Kier alpha value is -1.35. The number of nitrogens with one attached hydrogen (secondary N) is 1. The molecular weight excluding hydrogens is 178 g/mol. The Morgan fingerprint density at radius 3 is 2.64 bits per heavy atom. The highest BCUT2D eigenvalue weighted by Crippen LogP contribution is 2.37. The lowest BCUT2D eigenvalue weighted by molar-refractivity contribution is -0.140. The molecule has 1 aliphatic rings. The molecule has 1 heterocycles. The van der Waals surface area contributed by atoms with E-state index < -0.39 is 0 Å². The third-order valence-electron chi connectivity index (χ3n) is 2.75. The Labute approximate surface area is 83.1 Å². The van der Waals surface area contributed by atoms with E-state index >= 15 is 0 Å². The molecule has 0 aliphatic carbocycles. The first-order valence-corrected chi connectivity index (χ1v) is 4.59. The minimum absolute atomic E-state index is 0.198. The summed E-state index contributed by atoms with van der Waals surface area (Å²) in [7, 11) is 1.41. The van der Waals surface area contributed by atoms with Crippen LogP contribution in [-0.2, 0) is 15.1 Å². The summed E-state index contributed by atoms with van der Waals surface area (Å²) in [6.07, 6.45) is 0. The molecule has 1 N–H and O–H groups in total. The van der Waals surface area contributed by atoms with Crippen LogP contribution in [-0.4, -0.2) is 19.1 Å². The molecule has 14 heavy (non-hydrogen) atoms. The monoisotopic (exact) mass is 191 g/mol. The van der Waals surface area contributed by atoms with Gasteiger partial charge < -0.3 is 4.74 Å². The van der Waals surface area contributed by atoms with Crippen molar-refractivity contribution < 1.29 is 9.53 Å². The maximum atomic E-state index is 11.3. The van der Waals surface area contributed by atoms with Gasteiger partial charge in [-0.15, -0.1) is 0 Å². The van der Waals surface area contributed by atoms with Gasteiger partial charge in [-0.3, -0.25) is 10.1 Å². The summed E-state index contributed by atoms with van der Waals surface area (Å²) < 4.78 is 4.69. The SMILES string of the molecule is COC(=O)[C@H]1N[C@]1(C)c1ccccc1. The molecule has 1 saturated heterocycles. The van der Waals surface area contributed by atoms with Crippen molar-refractivity contribution in [1.82, 2.24) is 5.32 Å². The molecule has 1 aliphatic heterocycles. The zero-order valence-electron chi connectivity index (χ0n) is 8.28. The molecule has 0 radical (unpaired) electrons. The molecule has 1 fully saturated rings. The van der Waals surface area contributed by atoms with Crippen molar-refractivity contribution >= 4 is 5.97 Å². The number of hydrogen-bond donors (Lipinski definition) is 1. The van der Waals surface area contributed by atoms with Gasteiger partial charge in [0.15, 0.2) is 0 Å². The number of carbonyl (C=O) groups is 1. The second kappa shape index (κ2) is 3.10. The fraction of sp³-hybridized carbons (Fsp3) is 0.364. The van der Waals surface area contributed by atoms with Crippen molar-refractivity contribution in [1.29, 1.82) is 0 Å². The molecule has 2 rings (SSSR count). The van der Waals surface area contributed by atoms with E-state index in [1.807, 2.05) is 37.3 Å².